The summed E-state index contributed by atoms with van der Waals surface area (Å²) in [5, 5.41) is 9.02. The molecular formula is C12H19FN2OS. The van der Waals surface area contributed by atoms with Crippen LogP contribution in [0.4, 0.5) is 10.2 Å². The Morgan fingerprint density at radius 1 is 1.59 bits per heavy atom. The molecule has 0 aliphatic heterocycles. The number of rotatable bonds is 6. The molecule has 0 aliphatic carbocycles. The zero-order valence-electron chi connectivity index (χ0n) is 10.5. The molecule has 0 spiro atoms. The van der Waals surface area contributed by atoms with Crippen molar-refractivity contribution in [2.24, 2.45) is 0 Å². The topological polar surface area (TPSA) is 36.4 Å². The largest absolute Gasteiger partial charge is 0.392 e. The fourth-order valence-electron chi connectivity index (χ4n) is 1.53. The third-order valence-electron chi connectivity index (χ3n) is 2.86. The van der Waals surface area contributed by atoms with Crippen LogP contribution in [0.3, 0.4) is 0 Å². The quantitative estimate of drug-likeness (QED) is 0.849. The van der Waals surface area contributed by atoms with E-state index in [1.165, 1.54) is 12.3 Å². The molecule has 0 saturated heterocycles. The van der Waals surface area contributed by atoms with Crippen LogP contribution in [-0.4, -0.2) is 35.2 Å². The van der Waals surface area contributed by atoms with Crippen molar-refractivity contribution in [3.8, 4) is 0 Å². The van der Waals surface area contributed by atoms with Gasteiger partial charge in [-0.1, -0.05) is 0 Å². The second-order valence-corrected chi connectivity index (χ2v) is 4.99. The lowest BCUT2D eigenvalue weighted by Gasteiger charge is -2.26. The molecule has 1 N–H and O–H groups in total. The van der Waals surface area contributed by atoms with Gasteiger partial charge in [-0.25, -0.2) is 9.37 Å². The van der Waals surface area contributed by atoms with Crippen LogP contribution in [0.5, 0.6) is 0 Å². The second-order valence-electron chi connectivity index (χ2n) is 4.01. The third kappa shape index (κ3) is 3.57. The first-order chi connectivity index (χ1) is 8.11. The number of thioether (sulfide) groups is 1. The van der Waals surface area contributed by atoms with E-state index < -0.39 is 5.82 Å². The molecule has 0 fully saturated rings. The minimum absolute atomic E-state index is 0.221. The van der Waals surface area contributed by atoms with E-state index in [1.807, 2.05) is 18.9 Å². The molecule has 96 valence electrons. The van der Waals surface area contributed by atoms with Gasteiger partial charge in [0.1, 0.15) is 0 Å². The van der Waals surface area contributed by atoms with Crippen LogP contribution >= 0.6 is 11.8 Å². The molecule has 1 atom stereocenters. The molecule has 1 heterocycles. The molecule has 1 aromatic heterocycles. The number of halogens is 1. The highest BCUT2D eigenvalue weighted by atomic mass is 32.2. The van der Waals surface area contributed by atoms with Gasteiger partial charge in [0.2, 0.25) is 0 Å². The van der Waals surface area contributed by atoms with Gasteiger partial charge >= 0.3 is 0 Å². The van der Waals surface area contributed by atoms with Crippen molar-refractivity contribution < 1.29 is 9.50 Å². The Balaban J connectivity index is 2.84. The number of aliphatic hydroxyl groups is 1. The number of hydrogen-bond acceptors (Lipinski definition) is 4. The smallest absolute Gasteiger partial charge is 0.171 e. The first kappa shape index (κ1) is 14.3. The highest BCUT2D eigenvalue weighted by Gasteiger charge is 2.17. The second kappa shape index (κ2) is 6.81. The highest BCUT2D eigenvalue weighted by Crippen LogP contribution is 2.21. The zero-order chi connectivity index (χ0) is 12.8. The molecule has 0 saturated carbocycles. The van der Waals surface area contributed by atoms with Crippen LogP contribution in [0.1, 0.15) is 18.9 Å². The average molecular weight is 258 g/mol. The van der Waals surface area contributed by atoms with Gasteiger partial charge in [-0.2, -0.15) is 11.8 Å². The van der Waals surface area contributed by atoms with Crippen LogP contribution in [0.25, 0.3) is 0 Å². The summed E-state index contributed by atoms with van der Waals surface area (Å²) >= 11 is 1.77. The lowest BCUT2D eigenvalue weighted by atomic mass is 10.2. The van der Waals surface area contributed by atoms with E-state index >= 15 is 0 Å². The molecule has 3 nitrogen and oxygen atoms in total. The maximum atomic E-state index is 13.9. The maximum absolute atomic E-state index is 13.9. The number of anilines is 1. The van der Waals surface area contributed by atoms with Gasteiger partial charge in [0.25, 0.3) is 0 Å². The monoisotopic (exact) mass is 258 g/mol. The maximum Gasteiger partial charge on any atom is 0.171 e. The van der Waals surface area contributed by atoms with Crippen molar-refractivity contribution in [3.63, 3.8) is 0 Å². The van der Waals surface area contributed by atoms with E-state index in [0.29, 0.717) is 11.4 Å². The van der Waals surface area contributed by atoms with Gasteiger partial charge in [-0.05, 0) is 31.4 Å². The Labute approximate surface area is 106 Å². The fraction of sp³-hybridized carbons (Fsp3) is 0.583. The van der Waals surface area contributed by atoms with E-state index in [4.69, 9.17) is 5.11 Å². The van der Waals surface area contributed by atoms with Gasteiger partial charge in [-0.3, -0.25) is 0 Å². The molecule has 0 bridgehead atoms. The van der Waals surface area contributed by atoms with Crippen LogP contribution in [0.2, 0.25) is 0 Å². The van der Waals surface area contributed by atoms with Gasteiger partial charge < -0.3 is 10.0 Å². The minimum Gasteiger partial charge on any atom is -0.392 e. The molecule has 1 unspecified atom stereocenters. The Kier molecular flexibility index (Phi) is 5.71. The Bertz CT molecular complexity index is 362. The first-order valence-corrected chi connectivity index (χ1v) is 6.97. The lowest BCUT2D eigenvalue weighted by Crippen LogP contribution is -2.31. The number of aliphatic hydroxyl groups excluding tert-OH is 1. The molecule has 1 rings (SSSR count). The molecular weight excluding hydrogens is 239 g/mol. The van der Waals surface area contributed by atoms with E-state index in [9.17, 15) is 4.39 Å². The van der Waals surface area contributed by atoms with Crippen molar-refractivity contribution in [2.45, 2.75) is 26.0 Å². The average Bonchev–Trinajstić information content (AvgIpc) is 2.35. The number of hydrogen-bond donors (Lipinski definition) is 1. The summed E-state index contributed by atoms with van der Waals surface area (Å²) in [4.78, 5) is 5.87. The summed E-state index contributed by atoms with van der Waals surface area (Å²) in [6.45, 7) is 1.75. The summed E-state index contributed by atoms with van der Waals surface area (Å²) in [5.41, 5.74) is 0.291. The van der Waals surface area contributed by atoms with E-state index in [0.717, 1.165) is 12.2 Å². The minimum atomic E-state index is -0.423. The van der Waals surface area contributed by atoms with Gasteiger partial charge in [-0.15, -0.1) is 0 Å². The van der Waals surface area contributed by atoms with E-state index in [2.05, 4.69) is 11.2 Å². The van der Waals surface area contributed by atoms with E-state index in [1.54, 1.807) is 11.8 Å². The Morgan fingerprint density at radius 3 is 2.88 bits per heavy atom. The SMILES string of the molecule is CSCCC(C)N(C)c1nccc(CO)c1F. The lowest BCUT2D eigenvalue weighted by molar-refractivity contribution is 0.275. The first-order valence-electron chi connectivity index (χ1n) is 5.57. The molecule has 0 aromatic carbocycles. The Hall–Kier alpha value is -0.810. The zero-order valence-corrected chi connectivity index (χ0v) is 11.3. The highest BCUT2D eigenvalue weighted by molar-refractivity contribution is 7.98. The van der Waals surface area contributed by atoms with Crippen molar-refractivity contribution in [1.82, 2.24) is 4.98 Å². The van der Waals surface area contributed by atoms with Crippen molar-refractivity contribution in [2.75, 3.05) is 24.0 Å². The van der Waals surface area contributed by atoms with Crippen molar-refractivity contribution >= 4 is 17.6 Å². The van der Waals surface area contributed by atoms with Crippen LogP contribution in [0, 0.1) is 5.82 Å². The summed E-state index contributed by atoms with van der Waals surface area (Å²) in [6, 6.07) is 1.72. The third-order valence-corrected chi connectivity index (χ3v) is 3.50. The molecule has 0 aliphatic rings. The van der Waals surface area contributed by atoms with Crippen LogP contribution in [-0.2, 0) is 6.61 Å². The standard InChI is InChI=1S/C12H19FN2OS/c1-9(5-7-17-3)15(2)12-11(13)10(8-16)4-6-14-12/h4,6,9,16H,5,7-8H2,1-3H3. The van der Waals surface area contributed by atoms with Crippen molar-refractivity contribution in [1.29, 1.82) is 0 Å². The summed E-state index contributed by atoms with van der Waals surface area (Å²) < 4.78 is 13.9. The molecule has 5 heteroatoms. The van der Waals surface area contributed by atoms with Crippen LogP contribution in [0.15, 0.2) is 12.3 Å². The molecule has 17 heavy (non-hydrogen) atoms. The normalized spacial score (nSPS) is 12.5. The summed E-state index contributed by atoms with van der Waals surface area (Å²) in [7, 11) is 1.83. The molecule has 0 amide bonds. The molecule has 1 aromatic rings. The van der Waals surface area contributed by atoms with Crippen LogP contribution < -0.4 is 4.90 Å². The molecule has 0 radical (unpaired) electrons. The van der Waals surface area contributed by atoms with Gasteiger partial charge in [0.15, 0.2) is 11.6 Å². The van der Waals surface area contributed by atoms with Crippen molar-refractivity contribution in [3.05, 3.63) is 23.6 Å². The number of nitrogens with zero attached hydrogens (tertiary/aromatic N) is 2. The summed E-state index contributed by atoms with van der Waals surface area (Å²) in [6.07, 6.45) is 4.56. The predicted octanol–water partition coefficient (Wildman–Crippen LogP) is 2.29. The van der Waals surface area contributed by atoms with Gasteiger partial charge in [0, 0.05) is 24.8 Å². The van der Waals surface area contributed by atoms with E-state index in [-0.39, 0.29) is 12.6 Å². The van der Waals surface area contributed by atoms with Gasteiger partial charge in [0.05, 0.1) is 6.61 Å². The summed E-state index contributed by atoms with van der Waals surface area (Å²) in [5.74, 6) is 0.922. The number of pyridine rings is 1. The number of aromatic nitrogens is 1. The predicted molar refractivity (Wildman–Crippen MR) is 71.0 cm³/mol. The Morgan fingerprint density at radius 2 is 2.29 bits per heavy atom. The fourth-order valence-corrected chi connectivity index (χ4v) is 2.11.